The molecule has 0 aromatic heterocycles. The van der Waals surface area contributed by atoms with E-state index >= 15 is 0 Å². The van der Waals surface area contributed by atoms with E-state index in [-0.39, 0.29) is 5.91 Å². The van der Waals surface area contributed by atoms with Crippen molar-refractivity contribution in [2.45, 2.75) is 38.9 Å². The van der Waals surface area contributed by atoms with E-state index in [1.165, 1.54) is 5.56 Å². The lowest BCUT2D eigenvalue weighted by Gasteiger charge is -2.27. The summed E-state index contributed by atoms with van der Waals surface area (Å²) in [5.41, 5.74) is 8.26. The van der Waals surface area contributed by atoms with Crippen molar-refractivity contribution in [2.75, 3.05) is 26.3 Å². The molecule has 1 aromatic carbocycles. The molecule has 1 aliphatic heterocycles. The standard InChI is InChI=1S/C17H27N3O2/c1-2-5-16(18)17(21)19-12-14-6-3-4-7-15(14)13-20-8-10-22-11-9-20/h3-4,6-7,16H,2,5,8-13,18H2,1H3,(H,19,21). The number of rotatable bonds is 7. The second-order valence-corrected chi connectivity index (χ2v) is 5.77. The smallest absolute Gasteiger partial charge is 0.237 e. The van der Waals surface area contributed by atoms with Gasteiger partial charge in [-0.25, -0.2) is 0 Å². The molecule has 5 heteroatoms. The van der Waals surface area contributed by atoms with Crippen molar-refractivity contribution in [3.05, 3.63) is 35.4 Å². The van der Waals surface area contributed by atoms with E-state index in [4.69, 9.17) is 10.5 Å². The van der Waals surface area contributed by atoms with Gasteiger partial charge in [-0.3, -0.25) is 9.69 Å². The SMILES string of the molecule is CCCC(N)C(=O)NCc1ccccc1CN1CCOCC1. The fourth-order valence-electron chi connectivity index (χ4n) is 2.64. The Balaban J connectivity index is 1.91. The van der Waals surface area contributed by atoms with Crippen LogP contribution in [0.1, 0.15) is 30.9 Å². The van der Waals surface area contributed by atoms with Crippen LogP contribution in [0.3, 0.4) is 0 Å². The zero-order chi connectivity index (χ0) is 15.8. The molecule has 122 valence electrons. The Labute approximate surface area is 132 Å². The summed E-state index contributed by atoms with van der Waals surface area (Å²) in [5.74, 6) is -0.0666. The molecular weight excluding hydrogens is 278 g/mol. The molecule has 1 atom stereocenters. The quantitative estimate of drug-likeness (QED) is 0.796. The van der Waals surface area contributed by atoms with Gasteiger partial charge in [-0.15, -0.1) is 0 Å². The number of carbonyl (C=O) groups is 1. The highest BCUT2D eigenvalue weighted by molar-refractivity contribution is 5.81. The Morgan fingerprint density at radius 2 is 2.00 bits per heavy atom. The predicted octanol–water partition coefficient (Wildman–Crippen LogP) is 1.26. The van der Waals surface area contributed by atoms with Gasteiger partial charge in [-0.2, -0.15) is 0 Å². The molecule has 0 bridgehead atoms. The van der Waals surface area contributed by atoms with Crippen LogP contribution in [0.4, 0.5) is 0 Å². The third kappa shape index (κ3) is 5.09. The normalized spacial score (nSPS) is 17.2. The fourth-order valence-corrected chi connectivity index (χ4v) is 2.64. The maximum Gasteiger partial charge on any atom is 0.237 e. The molecule has 0 radical (unpaired) electrons. The minimum Gasteiger partial charge on any atom is -0.379 e. The van der Waals surface area contributed by atoms with Crippen LogP contribution in [-0.4, -0.2) is 43.2 Å². The number of morpholine rings is 1. The largest absolute Gasteiger partial charge is 0.379 e. The van der Waals surface area contributed by atoms with E-state index < -0.39 is 6.04 Å². The Bertz CT molecular complexity index is 473. The van der Waals surface area contributed by atoms with Crippen molar-refractivity contribution in [2.24, 2.45) is 5.73 Å². The lowest BCUT2D eigenvalue weighted by atomic mass is 10.1. The maximum atomic E-state index is 11.9. The lowest BCUT2D eigenvalue weighted by Crippen LogP contribution is -2.40. The van der Waals surface area contributed by atoms with Gasteiger partial charge < -0.3 is 15.8 Å². The van der Waals surface area contributed by atoms with Gasteiger partial charge in [0, 0.05) is 26.2 Å². The van der Waals surface area contributed by atoms with Gasteiger partial charge in [-0.05, 0) is 17.5 Å². The molecule has 3 N–H and O–H groups in total. The molecule has 1 aromatic rings. The molecule has 5 nitrogen and oxygen atoms in total. The zero-order valence-corrected chi connectivity index (χ0v) is 13.4. The number of nitrogens with one attached hydrogen (secondary N) is 1. The summed E-state index contributed by atoms with van der Waals surface area (Å²) in [5, 5.41) is 2.95. The van der Waals surface area contributed by atoms with Gasteiger partial charge >= 0.3 is 0 Å². The Morgan fingerprint density at radius 1 is 1.32 bits per heavy atom. The molecular formula is C17H27N3O2. The molecule has 1 unspecified atom stereocenters. The van der Waals surface area contributed by atoms with Crippen molar-refractivity contribution >= 4 is 5.91 Å². The highest BCUT2D eigenvalue weighted by Gasteiger charge is 2.14. The first-order chi connectivity index (χ1) is 10.7. The first-order valence-corrected chi connectivity index (χ1v) is 8.11. The average molecular weight is 305 g/mol. The predicted molar refractivity (Wildman–Crippen MR) is 87.3 cm³/mol. The molecule has 1 fully saturated rings. The van der Waals surface area contributed by atoms with E-state index in [1.807, 2.05) is 19.1 Å². The van der Waals surface area contributed by atoms with Gasteiger partial charge in [-0.1, -0.05) is 37.6 Å². The molecule has 2 rings (SSSR count). The summed E-state index contributed by atoms with van der Waals surface area (Å²) in [6, 6.07) is 7.85. The van der Waals surface area contributed by atoms with Crippen LogP contribution in [0.15, 0.2) is 24.3 Å². The number of amides is 1. The number of benzene rings is 1. The Hall–Kier alpha value is -1.43. The van der Waals surface area contributed by atoms with Gasteiger partial charge in [0.1, 0.15) is 0 Å². The van der Waals surface area contributed by atoms with E-state index in [0.29, 0.717) is 6.54 Å². The van der Waals surface area contributed by atoms with Crippen LogP contribution in [-0.2, 0) is 22.6 Å². The zero-order valence-electron chi connectivity index (χ0n) is 13.4. The molecule has 1 aliphatic rings. The molecule has 0 saturated carbocycles. The van der Waals surface area contributed by atoms with Crippen molar-refractivity contribution in [1.29, 1.82) is 0 Å². The van der Waals surface area contributed by atoms with Crippen LogP contribution in [0.2, 0.25) is 0 Å². The number of nitrogens with two attached hydrogens (primary N) is 1. The third-order valence-corrected chi connectivity index (χ3v) is 4.01. The molecule has 0 spiro atoms. The van der Waals surface area contributed by atoms with E-state index in [1.54, 1.807) is 0 Å². The minimum atomic E-state index is -0.406. The first kappa shape index (κ1) is 16.9. The van der Waals surface area contributed by atoms with Gasteiger partial charge in [0.05, 0.1) is 19.3 Å². The topological polar surface area (TPSA) is 67.6 Å². The third-order valence-electron chi connectivity index (χ3n) is 4.01. The highest BCUT2D eigenvalue weighted by atomic mass is 16.5. The Kier molecular flexibility index (Phi) is 6.83. The first-order valence-electron chi connectivity index (χ1n) is 8.11. The lowest BCUT2D eigenvalue weighted by molar-refractivity contribution is -0.122. The minimum absolute atomic E-state index is 0.0666. The monoisotopic (exact) mass is 305 g/mol. The average Bonchev–Trinajstić information content (AvgIpc) is 2.55. The maximum absolute atomic E-state index is 11.9. The van der Waals surface area contributed by atoms with E-state index in [9.17, 15) is 4.79 Å². The number of hydrogen-bond acceptors (Lipinski definition) is 4. The van der Waals surface area contributed by atoms with Crippen LogP contribution >= 0.6 is 0 Å². The second-order valence-electron chi connectivity index (χ2n) is 5.77. The Morgan fingerprint density at radius 3 is 2.68 bits per heavy atom. The number of hydrogen-bond donors (Lipinski definition) is 2. The summed E-state index contributed by atoms with van der Waals surface area (Å²) in [7, 11) is 0. The molecule has 1 amide bonds. The summed E-state index contributed by atoms with van der Waals surface area (Å²) >= 11 is 0. The van der Waals surface area contributed by atoms with Crippen molar-refractivity contribution in [3.8, 4) is 0 Å². The number of nitrogens with zero attached hydrogens (tertiary/aromatic N) is 1. The highest BCUT2D eigenvalue weighted by Crippen LogP contribution is 2.13. The van der Waals surface area contributed by atoms with Gasteiger partial charge in [0.25, 0.3) is 0 Å². The van der Waals surface area contributed by atoms with Crippen molar-refractivity contribution in [1.82, 2.24) is 10.2 Å². The van der Waals surface area contributed by atoms with Gasteiger partial charge in [0.2, 0.25) is 5.91 Å². The fraction of sp³-hybridized carbons (Fsp3) is 0.588. The summed E-state index contributed by atoms with van der Waals surface area (Å²) < 4.78 is 5.38. The van der Waals surface area contributed by atoms with E-state index in [2.05, 4.69) is 22.3 Å². The molecule has 1 saturated heterocycles. The van der Waals surface area contributed by atoms with Crippen LogP contribution in [0.5, 0.6) is 0 Å². The molecule has 0 aliphatic carbocycles. The molecule has 1 heterocycles. The van der Waals surface area contributed by atoms with Crippen LogP contribution < -0.4 is 11.1 Å². The second kappa shape index (κ2) is 8.88. The van der Waals surface area contributed by atoms with E-state index in [0.717, 1.165) is 51.3 Å². The number of carbonyl (C=O) groups excluding carboxylic acids is 1. The number of ether oxygens (including phenoxy) is 1. The summed E-state index contributed by atoms with van der Waals surface area (Å²) in [6.07, 6.45) is 1.64. The van der Waals surface area contributed by atoms with Crippen LogP contribution in [0, 0.1) is 0 Å². The molecule has 22 heavy (non-hydrogen) atoms. The van der Waals surface area contributed by atoms with Gasteiger partial charge in [0.15, 0.2) is 0 Å². The van der Waals surface area contributed by atoms with Crippen molar-refractivity contribution in [3.63, 3.8) is 0 Å². The summed E-state index contributed by atoms with van der Waals surface area (Å²) in [4.78, 5) is 14.3. The van der Waals surface area contributed by atoms with Crippen LogP contribution in [0.25, 0.3) is 0 Å². The summed E-state index contributed by atoms with van der Waals surface area (Å²) in [6.45, 7) is 6.98. The van der Waals surface area contributed by atoms with Crippen molar-refractivity contribution < 1.29 is 9.53 Å².